The van der Waals surface area contributed by atoms with Crippen molar-refractivity contribution in [1.82, 2.24) is 9.78 Å². The Morgan fingerprint density at radius 1 is 0.926 bits per heavy atom. The van der Waals surface area contributed by atoms with E-state index in [4.69, 9.17) is 12.2 Å². The van der Waals surface area contributed by atoms with Gasteiger partial charge in [0.15, 0.2) is 5.11 Å². The van der Waals surface area contributed by atoms with Gasteiger partial charge in [-0.3, -0.25) is 4.68 Å². The van der Waals surface area contributed by atoms with Gasteiger partial charge in [0.25, 0.3) is 0 Å². The molecule has 0 amide bonds. The van der Waals surface area contributed by atoms with E-state index < -0.39 is 0 Å². The number of nitrogens with zero attached hydrogens (tertiary/aromatic N) is 2. The van der Waals surface area contributed by atoms with Crippen molar-refractivity contribution in [1.29, 1.82) is 0 Å². The fourth-order valence-corrected chi connectivity index (χ4v) is 3.33. The van der Waals surface area contributed by atoms with Crippen LogP contribution in [0.2, 0.25) is 0 Å². The van der Waals surface area contributed by atoms with Gasteiger partial charge in [0.05, 0.1) is 23.6 Å². The summed E-state index contributed by atoms with van der Waals surface area (Å²) in [5.41, 5.74) is 8.88. The first-order chi connectivity index (χ1) is 12.8. The second-order valence-corrected chi connectivity index (χ2v) is 7.49. The summed E-state index contributed by atoms with van der Waals surface area (Å²) in [6, 6.07) is 14.8. The predicted octanol–water partition coefficient (Wildman–Crippen LogP) is 5.28. The third-order valence-corrected chi connectivity index (χ3v) is 4.91. The van der Waals surface area contributed by atoms with Crippen LogP contribution in [0.5, 0.6) is 0 Å². The molecular formula is C22H26N4S. The molecule has 0 bridgehead atoms. The quantitative estimate of drug-likeness (QED) is 0.606. The van der Waals surface area contributed by atoms with Crippen molar-refractivity contribution in [3.8, 4) is 0 Å². The van der Waals surface area contributed by atoms with E-state index in [2.05, 4.69) is 85.9 Å². The van der Waals surface area contributed by atoms with Gasteiger partial charge >= 0.3 is 0 Å². The predicted molar refractivity (Wildman–Crippen MR) is 118 cm³/mol. The van der Waals surface area contributed by atoms with Crippen molar-refractivity contribution in [3.63, 3.8) is 0 Å². The van der Waals surface area contributed by atoms with Crippen LogP contribution in [-0.2, 0) is 6.54 Å². The monoisotopic (exact) mass is 378 g/mol. The molecule has 2 N–H and O–H groups in total. The molecule has 1 heterocycles. The fourth-order valence-electron chi connectivity index (χ4n) is 3.12. The number of aryl methyl sites for hydroxylation is 4. The van der Waals surface area contributed by atoms with Gasteiger partial charge in [-0.25, -0.2) is 0 Å². The highest BCUT2D eigenvalue weighted by Gasteiger charge is 2.13. The van der Waals surface area contributed by atoms with Gasteiger partial charge in [-0.05, 0) is 64.0 Å². The first-order valence-electron chi connectivity index (χ1n) is 9.08. The van der Waals surface area contributed by atoms with Crippen molar-refractivity contribution >= 4 is 28.7 Å². The van der Waals surface area contributed by atoms with E-state index in [-0.39, 0.29) is 0 Å². The van der Waals surface area contributed by atoms with Crippen LogP contribution in [0.15, 0.2) is 42.5 Å². The number of nitrogens with one attached hydrogen (secondary N) is 2. The number of aromatic nitrogens is 2. The van der Waals surface area contributed by atoms with Gasteiger partial charge in [-0.15, -0.1) is 0 Å². The maximum Gasteiger partial charge on any atom is 0.175 e. The second kappa shape index (κ2) is 7.92. The largest absolute Gasteiger partial charge is 0.332 e. The van der Waals surface area contributed by atoms with E-state index in [9.17, 15) is 0 Å². The van der Waals surface area contributed by atoms with Crippen LogP contribution >= 0.6 is 12.2 Å². The highest BCUT2D eigenvalue weighted by molar-refractivity contribution is 7.80. The van der Waals surface area contributed by atoms with E-state index in [0.29, 0.717) is 5.11 Å². The molecule has 0 fully saturated rings. The Kier molecular flexibility index (Phi) is 5.61. The molecule has 4 nitrogen and oxygen atoms in total. The molecule has 0 aliphatic heterocycles. The summed E-state index contributed by atoms with van der Waals surface area (Å²) in [5.74, 6) is 0. The molecular weight excluding hydrogens is 352 g/mol. The molecule has 0 atom stereocenters. The van der Waals surface area contributed by atoms with E-state index in [0.717, 1.165) is 29.3 Å². The third kappa shape index (κ3) is 4.55. The summed E-state index contributed by atoms with van der Waals surface area (Å²) in [7, 11) is 0. The minimum atomic E-state index is 0.572. The summed E-state index contributed by atoms with van der Waals surface area (Å²) in [6.45, 7) is 11.1. The van der Waals surface area contributed by atoms with E-state index in [1.807, 2.05) is 11.6 Å². The lowest BCUT2D eigenvalue weighted by Gasteiger charge is -2.13. The van der Waals surface area contributed by atoms with Crippen LogP contribution in [0.25, 0.3) is 0 Å². The SMILES string of the molecule is Cc1ccc(Cn2nc(C)c(NC(=S)Nc3ccc(C)cc3C)c2C)cc1. The molecule has 5 heteroatoms. The van der Waals surface area contributed by atoms with Crippen LogP contribution < -0.4 is 10.6 Å². The molecule has 140 valence electrons. The molecule has 1 aromatic heterocycles. The summed E-state index contributed by atoms with van der Waals surface area (Å²) in [4.78, 5) is 0. The molecule has 0 saturated carbocycles. The zero-order chi connectivity index (χ0) is 19.6. The molecule has 0 unspecified atom stereocenters. The average molecular weight is 379 g/mol. The number of thiocarbonyl (C=S) groups is 1. The topological polar surface area (TPSA) is 41.9 Å². The zero-order valence-electron chi connectivity index (χ0n) is 16.6. The van der Waals surface area contributed by atoms with Crippen molar-refractivity contribution in [2.24, 2.45) is 0 Å². The smallest absolute Gasteiger partial charge is 0.175 e. The molecule has 2 aromatic carbocycles. The van der Waals surface area contributed by atoms with Gasteiger partial charge in [-0.1, -0.05) is 47.5 Å². The van der Waals surface area contributed by atoms with Gasteiger partial charge in [-0.2, -0.15) is 5.10 Å². The van der Waals surface area contributed by atoms with Crippen molar-refractivity contribution in [2.45, 2.75) is 41.2 Å². The molecule has 27 heavy (non-hydrogen) atoms. The maximum atomic E-state index is 5.52. The molecule has 3 aromatic rings. The van der Waals surface area contributed by atoms with Gasteiger partial charge < -0.3 is 10.6 Å². The Balaban J connectivity index is 1.74. The Hall–Kier alpha value is -2.66. The highest BCUT2D eigenvalue weighted by Crippen LogP contribution is 2.22. The number of anilines is 2. The maximum absolute atomic E-state index is 5.52. The third-order valence-electron chi connectivity index (χ3n) is 4.70. The lowest BCUT2D eigenvalue weighted by molar-refractivity contribution is 0.659. The molecule has 0 aliphatic carbocycles. The van der Waals surface area contributed by atoms with Crippen molar-refractivity contribution in [2.75, 3.05) is 10.6 Å². The molecule has 0 saturated heterocycles. The highest BCUT2D eigenvalue weighted by atomic mass is 32.1. The van der Waals surface area contributed by atoms with Crippen LogP contribution in [-0.4, -0.2) is 14.9 Å². The summed E-state index contributed by atoms with van der Waals surface area (Å²) in [6.07, 6.45) is 0. The molecule has 0 spiro atoms. The standard InChI is InChI=1S/C22H26N4S/c1-14-6-9-19(10-7-14)13-26-18(5)21(17(4)25-26)24-22(27)23-20-11-8-15(2)12-16(20)3/h6-12H,13H2,1-5H3,(H2,23,24,27). The van der Waals surface area contributed by atoms with Crippen molar-refractivity contribution in [3.05, 3.63) is 76.1 Å². The number of hydrogen-bond acceptors (Lipinski definition) is 2. The van der Waals surface area contributed by atoms with E-state index >= 15 is 0 Å². The first-order valence-corrected chi connectivity index (χ1v) is 9.49. The molecule has 0 aliphatic rings. The summed E-state index contributed by atoms with van der Waals surface area (Å²) < 4.78 is 2.02. The van der Waals surface area contributed by atoms with Crippen LogP contribution in [0.1, 0.15) is 33.6 Å². The van der Waals surface area contributed by atoms with Crippen LogP contribution in [0.3, 0.4) is 0 Å². The lowest BCUT2D eigenvalue weighted by atomic mass is 10.1. The number of rotatable bonds is 4. The van der Waals surface area contributed by atoms with Gasteiger partial charge in [0.1, 0.15) is 0 Å². The number of benzene rings is 2. The lowest BCUT2D eigenvalue weighted by Crippen LogP contribution is -2.20. The Morgan fingerprint density at radius 3 is 2.26 bits per heavy atom. The molecule has 3 rings (SSSR count). The van der Waals surface area contributed by atoms with Crippen LogP contribution in [0, 0.1) is 34.6 Å². The Bertz CT molecular complexity index is 971. The minimum absolute atomic E-state index is 0.572. The minimum Gasteiger partial charge on any atom is -0.332 e. The fraction of sp³-hybridized carbons (Fsp3) is 0.273. The second-order valence-electron chi connectivity index (χ2n) is 7.09. The summed E-state index contributed by atoms with van der Waals surface area (Å²) in [5, 5.41) is 11.9. The first kappa shape index (κ1) is 19.1. The van der Waals surface area contributed by atoms with Crippen LogP contribution in [0.4, 0.5) is 11.4 Å². The number of hydrogen-bond donors (Lipinski definition) is 2. The Morgan fingerprint density at radius 2 is 1.59 bits per heavy atom. The summed E-state index contributed by atoms with van der Waals surface area (Å²) >= 11 is 5.52. The molecule has 0 radical (unpaired) electrons. The van der Waals surface area contributed by atoms with E-state index in [1.54, 1.807) is 0 Å². The van der Waals surface area contributed by atoms with Crippen molar-refractivity contribution < 1.29 is 0 Å². The van der Waals surface area contributed by atoms with E-state index in [1.165, 1.54) is 22.3 Å². The normalized spacial score (nSPS) is 10.7. The van der Waals surface area contributed by atoms with Gasteiger partial charge in [0.2, 0.25) is 0 Å². The Labute approximate surface area is 166 Å². The zero-order valence-corrected chi connectivity index (χ0v) is 17.4. The van der Waals surface area contributed by atoms with Gasteiger partial charge in [0, 0.05) is 5.69 Å². The average Bonchev–Trinajstić information content (AvgIpc) is 2.87.